The maximum absolute atomic E-state index is 13.1. The molecule has 1 atom stereocenters. The van der Waals surface area contributed by atoms with E-state index in [-0.39, 0.29) is 31.2 Å². The predicted octanol–water partition coefficient (Wildman–Crippen LogP) is 2.81. The van der Waals surface area contributed by atoms with Gasteiger partial charge in [-0.1, -0.05) is 30.3 Å². The van der Waals surface area contributed by atoms with Crippen LogP contribution in [0.15, 0.2) is 54.6 Å². The minimum atomic E-state index is -0.845. The summed E-state index contributed by atoms with van der Waals surface area (Å²) in [5.41, 5.74) is 1.18. The summed E-state index contributed by atoms with van der Waals surface area (Å²) in [4.78, 5) is 40.0. The molecule has 1 aliphatic rings. The summed E-state index contributed by atoms with van der Waals surface area (Å²) in [6, 6.07) is 14.3. The van der Waals surface area contributed by atoms with Gasteiger partial charge in [0, 0.05) is 19.5 Å². The Morgan fingerprint density at radius 3 is 2.43 bits per heavy atom. The lowest BCUT2D eigenvalue weighted by atomic mass is 10.2. The highest BCUT2D eigenvalue weighted by Crippen LogP contribution is 2.33. The highest BCUT2D eigenvalue weighted by molar-refractivity contribution is 8.15. The number of aliphatic hydroxyl groups excluding tert-OH is 1. The number of hydrogen-bond donors (Lipinski definition) is 1. The van der Waals surface area contributed by atoms with Gasteiger partial charge >= 0.3 is 0 Å². The zero-order valence-corrected chi connectivity index (χ0v) is 15.8. The van der Waals surface area contributed by atoms with Gasteiger partial charge in [-0.25, -0.2) is 9.29 Å². The first-order valence-electron chi connectivity index (χ1n) is 8.72. The SMILES string of the molecule is O=C(CC1SC(=O)N(c2ccc(F)cc2)C1=O)N(CCO)Cc1ccccc1. The van der Waals surface area contributed by atoms with Crippen LogP contribution in [0.5, 0.6) is 0 Å². The van der Waals surface area contributed by atoms with Crippen molar-refractivity contribution in [2.75, 3.05) is 18.1 Å². The molecule has 0 spiro atoms. The summed E-state index contributed by atoms with van der Waals surface area (Å²) < 4.78 is 13.1. The fraction of sp³-hybridized carbons (Fsp3) is 0.250. The molecule has 3 rings (SSSR count). The Balaban J connectivity index is 1.69. The minimum absolute atomic E-state index is 0.134. The summed E-state index contributed by atoms with van der Waals surface area (Å²) in [5.74, 6) is -1.29. The molecular weight excluding hydrogens is 383 g/mol. The Labute approximate surface area is 165 Å². The van der Waals surface area contributed by atoms with Crippen LogP contribution < -0.4 is 4.90 Å². The quantitative estimate of drug-likeness (QED) is 0.771. The Hall–Kier alpha value is -2.71. The average molecular weight is 402 g/mol. The van der Waals surface area contributed by atoms with E-state index in [0.29, 0.717) is 6.54 Å². The predicted molar refractivity (Wildman–Crippen MR) is 104 cm³/mol. The second-order valence-electron chi connectivity index (χ2n) is 6.25. The molecule has 1 unspecified atom stereocenters. The molecule has 1 fully saturated rings. The van der Waals surface area contributed by atoms with Crippen LogP contribution in [-0.4, -0.2) is 45.5 Å². The number of halogens is 1. The van der Waals surface area contributed by atoms with E-state index in [1.165, 1.54) is 29.2 Å². The highest BCUT2D eigenvalue weighted by atomic mass is 32.2. The van der Waals surface area contributed by atoms with E-state index < -0.39 is 22.2 Å². The van der Waals surface area contributed by atoms with Crippen molar-refractivity contribution >= 4 is 34.5 Å². The first-order valence-corrected chi connectivity index (χ1v) is 9.60. The maximum atomic E-state index is 13.1. The Morgan fingerprint density at radius 1 is 1.11 bits per heavy atom. The van der Waals surface area contributed by atoms with Crippen molar-refractivity contribution in [3.63, 3.8) is 0 Å². The van der Waals surface area contributed by atoms with Crippen LogP contribution in [-0.2, 0) is 16.1 Å². The van der Waals surface area contributed by atoms with Crippen LogP contribution in [0.1, 0.15) is 12.0 Å². The van der Waals surface area contributed by atoms with Crippen LogP contribution in [0.4, 0.5) is 14.9 Å². The van der Waals surface area contributed by atoms with E-state index in [4.69, 9.17) is 0 Å². The summed E-state index contributed by atoms with van der Waals surface area (Å²) in [5, 5.41) is 7.93. The number of imide groups is 1. The molecule has 1 aliphatic heterocycles. The number of anilines is 1. The fourth-order valence-electron chi connectivity index (χ4n) is 2.91. The Bertz CT molecular complexity index is 860. The third-order valence-electron chi connectivity index (χ3n) is 4.31. The van der Waals surface area contributed by atoms with E-state index in [1.54, 1.807) is 0 Å². The lowest BCUT2D eigenvalue weighted by molar-refractivity contribution is -0.133. The van der Waals surface area contributed by atoms with Crippen molar-refractivity contribution < 1.29 is 23.9 Å². The highest BCUT2D eigenvalue weighted by Gasteiger charge is 2.42. The van der Waals surface area contributed by atoms with Gasteiger partial charge in [0.1, 0.15) is 11.1 Å². The number of carbonyl (C=O) groups is 3. The molecule has 28 heavy (non-hydrogen) atoms. The molecule has 0 aliphatic carbocycles. The molecule has 3 amide bonds. The molecule has 2 aromatic rings. The fourth-order valence-corrected chi connectivity index (χ4v) is 3.89. The lowest BCUT2D eigenvalue weighted by Crippen LogP contribution is -2.37. The van der Waals surface area contributed by atoms with Crippen LogP contribution in [0.25, 0.3) is 0 Å². The van der Waals surface area contributed by atoms with Crippen molar-refractivity contribution in [2.45, 2.75) is 18.2 Å². The van der Waals surface area contributed by atoms with Gasteiger partial charge in [0.2, 0.25) is 11.8 Å². The molecule has 0 radical (unpaired) electrons. The number of benzene rings is 2. The van der Waals surface area contributed by atoms with Crippen molar-refractivity contribution in [2.24, 2.45) is 0 Å². The van der Waals surface area contributed by atoms with Crippen LogP contribution in [0.3, 0.4) is 0 Å². The molecule has 0 aromatic heterocycles. The molecule has 8 heteroatoms. The van der Waals surface area contributed by atoms with Gasteiger partial charge < -0.3 is 10.0 Å². The van der Waals surface area contributed by atoms with Gasteiger partial charge in [0.15, 0.2) is 0 Å². The maximum Gasteiger partial charge on any atom is 0.293 e. The Kier molecular flexibility index (Phi) is 6.43. The molecule has 6 nitrogen and oxygen atoms in total. The van der Waals surface area contributed by atoms with Crippen LogP contribution in [0.2, 0.25) is 0 Å². The minimum Gasteiger partial charge on any atom is -0.395 e. The van der Waals surface area contributed by atoms with E-state index in [9.17, 15) is 23.9 Å². The van der Waals surface area contributed by atoms with Gasteiger partial charge in [0.05, 0.1) is 12.3 Å². The smallest absolute Gasteiger partial charge is 0.293 e. The Morgan fingerprint density at radius 2 is 1.79 bits per heavy atom. The number of hydrogen-bond acceptors (Lipinski definition) is 5. The first-order chi connectivity index (χ1) is 13.5. The van der Waals surface area contributed by atoms with Gasteiger partial charge in [0.25, 0.3) is 5.24 Å². The molecule has 0 bridgehead atoms. The largest absolute Gasteiger partial charge is 0.395 e. The zero-order chi connectivity index (χ0) is 20.1. The van der Waals surface area contributed by atoms with E-state index in [1.807, 2.05) is 30.3 Å². The summed E-state index contributed by atoms with van der Waals surface area (Å²) >= 11 is 0.785. The summed E-state index contributed by atoms with van der Waals surface area (Å²) in [6.45, 7) is 0.237. The number of aliphatic hydroxyl groups is 1. The molecule has 0 saturated carbocycles. The normalized spacial score (nSPS) is 16.5. The number of thioether (sulfide) groups is 1. The zero-order valence-electron chi connectivity index (χ0n) is 15.0. The van der Waals surface area contributed by atoms with E-state index in [2.05, 4.69) is 0 Å². The number of carbonyl (C=O) groups excluding carboxylic acids is 3. The second kappa shape index (κ2) is 8.99. The third-order valence-corrected chi connectivity index (χ3v) is 5.34. The number of amides is 3. The van der Waals surface area contributed by atoms with Gasteiger partial charge in [-0.2, -0.15) is 0 Å². The van der Waals surface area contributed by atoms with Gasteiger partial charge in [-0.15, -0.1) is 0 Å². The second-order valence-corrected chi connectivity index (χ2v) is 7.41. The van der Waals surface area contributed by atoms with Crippen molar-refractivity contribution in [1.29, 1.82) is 0 Å². The average Bonchev–Trinajstić information content (AvgIpc) is 2.96. The molecule has 2 aromatic carbocycles. The molecular formula is C20H19FN2O4S. The standard InChI is InChI=1S/C20H19FN2O4S/c21-15-6-8-16(9-7-15)23-19(26)17(28-20(23)27)12-18(25)22(10-11-24)13-14-4-2-1-3-5-14/h1-9,17,24H,10-13H2. The number of nitrogens with zero attached hydrogens (tertiary/aromatic N) is 2. The molecule has 146 valence electrons. The van der Waals surface area contributed by atoms with Crippen molar-refractivity contribution in [3.8, 4) is 0 Å². The van der Waals surface area contributed by atoms with E-state index in [0.717, 1.165) is 22.2 Å². The van der Waals surface area contributed by atoms with Gasteiger partial charge in [-0.05, 0) is 41.6 Å². The summed E-state index contributed by atoms with van der Waals surface area (Å²) in [7, 11) is 0. The molecule has 1 heterocycles. The summed E-state index contributed by atoms with van der Waals surface area (Å²) in [6.07, 6.45) is -0.153. The number of rotatable bonds is 7. The van der Waals surface area contributed by atoms with Crippen LogP contribution in [0, 0.1) is 5.82 Å². The molecule has 1 saturated heterocycles. The third kappa shape index (κ3) is 4.58. The topological polar surface area (TPSA) is 77.9 Å². The van der Waals surface area contributed by atoms with Gasteiger partial charge in [-0.3, -0.25) is 14.4 Å². The van der Waals surface area contributed by atoms with Crippen molar-refractivity contribution in [3.05, 3.63) is 66.0 Å². The first kappa shape index (κ1) is 20.0. The monoisotopic (exact) mass is 402 g/mol. The molecule has 1 N–H and O–H groups in total. The van der Waals surface area contributed by atoms with E-state index >= 15 is 0 Å². The van der Waals surface area contributed by atoms with Crippen LogP contribution >= 0.6 is 11.8 Å². The lowest BCUT2D eigenvalue weighted by Gasteiger charge is -2.23. The van der Waals surface area contributed by atoms with Crippen molar-refractivity contribution in [1.82, 2.24) is 4.90 Å².